The average Bonchev–Trinajstić information content (AvgIpc) is 2.05. The summed E-state index contributed by atoms with van der Waals surface area (Å²) >= 11 is 0. The summed E-state index contributed by atoms with van der Waals surface area (Å²) in [6, 6.07) is 0. The molecule has 0 atom stereocenters. The van der Waals surface area contributed by atoms with Gasteiger partial charge in [0.2, 0.25) is 11.2 Å². The summed E-state index contributed by atoms with van der Waals surface area (Å²) in [5.41, 5.74) is 0. The molecule has 5 nitrogen and oxygen atoms in total. The predicted octanol–water partition coefficient (Wildman–Crippen LogP) is 0.726. The van der Waals surface area contributed by atoms with Crippen LogP contribution in [0.4, 0.5) is 0 Å². The number of ether oxygens (including phenoxy) is 2. The van der Waals surface area contributed by atoms with Crippen molar-refractivity contribution in [3.8, 4) is 0 Å². The van der Waals surface area contributed by atoms with Crippen molar-refractivity contribution in [2.75, 3.05) is 26.9 Å². The van der Waals surface area contributed by atoms with Gasteiger partial charge in [0.15, 0.2) is 7.11 Å². The van der Waals surface area contributed by atoms with E-state index < -0.39 is 6.29 Å². The Labute approximate surface area is 72.1 Å². The van der Waals surface area contributed by atoms with E-state index in [-0.39, 0.29) is 6.54 Å². The van der Waals surface area contributed by atoms with Gasteiger partial charge < -0.3 is 9.47 Å². The fourth-order valence-corrected chi connectivity index (χ4v) is 0.722. The van der Waals surface area contributed by atoms with Gasteiger partial charge >= 0.3 is 0 Å². The first-order valence-electron chi connectivity index (χ1n) is 3.96. The highest BCUT2D eigenvalue weighted by Gasteiger charge is 2.20. The van der Waals surface area contributed by atoms with Gasteiger partial charge in [-0.05, 0) is 13.8 Å². The van der Waals surface area contributed by atoms with Crippen LogP contribution in [0.3, 0.4) is 0 Å². The molecule has 0 aliphatic rings. The molecule has 0 rings (SSSR count). The Kier molecular flexibility index (Phi) is 6.60. The molecule has 0 bridgehead atoms. The highest BCUT2D eigenvalue weighted by Crippen LogP contribution is 1.95. The van der Waals surface area contributed by atoms with Crippen LogP contribution in [-0.4, -0.2) is 38.1 Å². The van der Waals surface area contributed by atoms with Gasteiger partial charge in [0.1, 0.15) is 0 Å². The molecule has 12 heavy (non-hydrogen) atoms. The van der Waals surface area contributed by atoms with E-state index in [1.165, 1.54) is 7.11 Å². The van der Waals surface area contributed by atoms with Gasteiger partial charge in [-0.2, -0.15) is 0 Å². The maximum atomic E-state index is 10.7. The van der Waals surface area contributed by atoms with Crippen molar-refractivity contribution in [2.45, 2.75) is 20.1 Å². The molecule has 0 N–H and O–H groups in total. The molecule has 0 aliphatic heterocycles. The van der Waals surface area contributed by atoms with E-state index in [4.69, 9.17) is 9.47 Å². The van der Waals surface area contributed by atoms with Crippen LogP contribution in [0.2, 0.25) is 0 Å². The first-order chi connectivity index (χ1) is 5.74. The van der Waals surface area contributed by atoms with Gasteiger partial charge in [-0.15, -0.1) is 0 Å². The fourth-order valence-electron chi connectivity index (χ4n) is 0.722. The highest BCUT2D eigenvalue weighted by atomic mass is 16.8. The van der Waals surface area contributed by atoms with Crippen molar-refractivity contribution in [1.82, 2.24) is 0 Å². The summed E-state index contributed by atoms with van der Waals surface area (Å²) in [5.74, 6) is 0. The zero-order valence-corrected chi connectivity index (χ0v) is 7.78. The minimum atomic E-state index is -0.502. The molecule has 0 radical (unpaired) electrons. The molecule has 0 saturated heterocycles. The number of hydrogen-bond donors (Lipinski definition) is 0. The van der Waals surface area contributed by atoms with Gasteiger partial charge in [-0.3, -0.25) is 0 Å². The minimum Gasteiger partial charge on any atom is -0.347 e. The van der Waals surface area contributed by atoms with Crippen LogP contribution < -0.4 is 0 Å². The lowest BCUT2D eigenvalue weighted by Crippen LogP contribution is -2.28. The topological polar surface area (TPSA) is 47.8 Å². The first-order valence-corrected chi connectivity index (χ1v) is 3.96. The molecular weight excluding hydrogens is 162 g/mol. The van der Waals surface area contributed by atoms with Crippen molar-refractivity contribution in [3.63, 3.8) is 0 Å². The lowest BCUT2D eigenvalue weighted by atomic mass is 10.6. The second kappa shape index (κ2) is 7.00. The maximum Gasteiger partial charge on any atom is 0.298 e. The Hall–Kier alpha value is -0.680. The Morgan fingerprint density at radius 3 is 2.08 bits per heavy atom. The van der Waals surface area contributed by atoms with E-state index in [2.05, 4.69) is 4.84 Å². The van der Waals surface area contributed by atoms with Crippen LogP contribution in [0.5, 0.6) is 0 Å². The van der Waals surface area contributed by atoms with Crippen LogP contribution in [0.15, 0.2) is 0 Å². The summed E-state index contributed by atoms with van der Waals surface area (Å²) in [4.78, 5) is 15.5. The van der Waals surface area contributed by atoms with Crippen molar-refractivity contribution >= 4 is 0 Å². The van der Waals surface area contributed by atoms with E-state index in [9.17, 15) is 4.91 Å². The van der Waals surface area contributed by atoms with Crippen LogP contribution in [0.25, 0.3) is 0 Å². The van der Waals surface area contributed by atoms with Gasteiger partial charge in [0.05, 0.1) is 4.91 Å². The zero-order valence-electron chi connectivity index (χ0n) is 7.78. The summed E-state index contributed by atoms with van der Waals surface area (Å²) in [6.07, 6.45) is -0.502. The summed E-state index contributed by atoms with van der Waals surface area (Å²) in [6.45, 7) is 4.78. The number of rotatable bonds is 7. The van der Waals surface area contributed by atoms with Gasteiger partial charge in [-0.1, -0.05) is 0 Å². The van der Waals surface area contributed by atoms with Crippen LogP contribution in [-0.2, 0) is 14.3 Å². The normalized spacial score (nSPS) is 10.3. The lowest BCUT2D eigenvalue weighted by molar-refractivity contribution is -0.802. The first kappa shape index (κ1) is 11.3. The Morgan fingerprint density at radius 1 is 1.25 bits per heavy atom. The molecule has 72 valence electrons. The van der Waals surface area contributed by atoms with Crippen LogP contribution >= 0.6 is 0 Å². The predicted molar refractivity (Wildman–Crippen MR) is 42.5 cm³/mol. The number of hydrogen-bond acceptors (Lipinski definition) is 4. The SMILES string of the molecule is CCOC(C[N+](=O)OC)OCC. The number of nitrogens with zero attached hydrogens (tertiary/aromatic N) is 1. The van der Waals surface area contributed by atoms with E-state index in [0.29, 0.717) is 18.1 Å². The fraction of sp³-hybridized carbons (Fsp3) is 1.00. The molecule has 0 heterocycles. The maximum absolute atomic E-state index is 10.7. The molecule has 0 unspecified atom stereocenters. The summed E-state index contributed by atoms with van der Waals surface area (Å²) in [5, 5.41) is 0. The Bertz CT molecular complexity index is 123. The van der Waals surface area contributed by atoms with Gasteiger partial charge in [0.25, 0.3) is 6.54 Å². The van der Waals surface area contributed by atoms with Gasteiger partial charge in [-0.25, -0.2) is 4.84 Å². The van der Waals surface area contributed by atoms with E-state index >= 15 is 0 Å². The third-order valence-corrected chi connectivity index (χ3v) is 1.21. The Morgan fingerprint density at radius 2 is 1.75 bits per heavy atom. The van der Waals surface area contributed by atoms with E-state index in [1.807, 2.05) is 13.8 Å². The van der Waals surface area contributed by atoms with Gasteiger partial charge in [0, 0.05) is 13.2 Å². The third kappa shape index (κ3) is 5.03. The van der Waals surface area contributed by atoms with Crippen LogP contribution in [0, 0.1) is 4.91 Å². The summed E-state index contributed by atoms with van der Waals surface area (Å²) in [7, 11) is 1.31. The molecule has 0 aliphatic carbocycles. The molecule has 0 saturated carbocycles. The molecule has 0 amide bonds. The lowest BCUT2D eigenvalue weighted by Gasteiger charge is -2.10. The average molecular weight is 178 g/mol. The second-order valence-corrected chi connectivity index (χ2v) is 2.04. The minimum absolute atomic E-state index is 0.0676. The largest absolute Gasteiger partial charge is 0.347 e. The molecular formula is C7H16NO4+. The van der Waals surface area contributed by atoms with Crippen LogP contribution in [0.1, 0.15) is 13.8 Å². The molecule has 0 aromatic rings. The van der Waals surface area contributed by atoms with Crippen molar-refractivity contribution in [2.24, 2.45) is 0 Å². The van der Waals surface area contributed by atoms with Crippen molar-refractivity contribution < 1.29 is 19.2 Å². The zero-order chi connectivity index (χ0) is 9.40. The molecule has 5 heteroatoms. The molecule has 0 aromatic heterocycles. The monoisotopic (exact) mass is 178 g/mol. The molecule has 0 spiro atoms. The summed E-state index contributed by atoms with van der Waals surface area (Å²) < 4.78 is 10.2. The standard InChI is InChI=1S/C7H16NO4/c1-4-11-7(12-5-2)6-8(9)10-3/h7H,4-6H2,1-3H3/q+1. The molecule has 0 aromatic carbocycles. The Balaban J connectivity index is 3.68. The van der Waals surface area contributed by atoms with Crippen molar-refractivity contribution in [3.05, 3.63) is 4.91 Å². The smallest absolute Gasteiger partial charge is 0.298 e. The highest BCUT2D eigenvalue weighted by molar-refractivity contribution is 4.36. The quantitative estimate of drug-likeness (QED) is 0.426. The third-order valence-electron chi connectivity index (χ3n) is 1.21. The van der Waals surface area contributed by atoms with Crippen molar-refractivity contribution in [1.29, 1.82) is 0 Å². The molecule has 0 fully saturated rings. The van der Waals surface area contributed by atoms with E-state index in [0.717, 1.165) is 0 Å². The van der Waals surface area contributed by atoms with E-state index in [1.54, 1.807) is 0 Å². The second-order valence-electron chi connectivity index (χ2n) is 2.04.